The SMILES string of the molecule is CCO/C(CC(C)C)=C(\C#N)c1ccccc1. The van der Waals surface area contributed by atoms with Crippen LogP contribution in [-0.2, 0) is 4.74 Å². The highest BCUT2D eigenvalue weighted by atomic mass is 16.5. The van der Waals surface area contributed by atoms with Gasteiger partial charge in [-0.15, -0.1) is 0 Å². The van der Waals surface area contributed by atoms with E-state index in [2.05, 4.69) is 19.9 Å². The van der Waals surface area contributed by atoms with E-state index in [4.69, 9.17) is 4.74 Å². The number of hydrogen-bond donors (Lipinski definition) is 0. The van der Waals surface area contributed by atoms with Crippen LogP contribution >= 0.6 is 0 Å². The molecule has 2 nitrogen and oxygen atoms in total. The molecule has 0 unspecified atom stereocenters. The molecule has 0 aliphatic carbocycles. The van der Waals surface area contributed by atoms with Crippen LogP contribution in [0.3, 0.4) is 0 Å². The number of nitriles is 1. The monoisotopic (exact) mass is 229 g/mol. The summed E-state index contributed by atoms with van der Waals surface area (Å²) in [6, 6.07) is 12.0. The van der Waals surface area contributed by atoms with Crippen molar-refractivity contribution in [1.82, 2.24) is 0 Å². The van der Waals surface area contributed by atoms with Gasteiger partial charge in [0.2, 0.25) is 0 Å². The molecule has 0 atom stereocenters. The van der Waals surface area contributed by atoms with Crippen molar-refractivity contribution < 1.29 is 4.74 Å². The van der Waals surface area contributed by atoms with E-state index in [-0.39, 0.29) is 0 Å². The minimum Gasteiger partial charge on any atom is -0.497 e. The quantitative estimate of drug-likeness (QED) is 0.564. The Morgan fingerprint density at radius 3 is 2.41 bits per heavy atom. The summed E-state index contributed by atoms with van der Waals surface area (Å²) in [4.78, 5) is 0. The topological polar surface area (TPSA) is 33.0 Å². The maximum absolute atomic E-state index is 9.30. The van der Waals surface area contributed by atoms with Crippen LogP contribution in [0.2, 0.25) is 0 Å². The number of rotatable bonds is 5. The van der Waals surface area contributed by atoms with E-state index in [1.165, 1.54) is 0 Å². The first kappa shape index (κ1) is 13.3. The van der Waals surface area contributed by atoms with Crippen LogP contribution in [0, 0.1) is 17.2 Å². The minimum atomic E-state index is 0.476. The summed E-state index contributed by atoms with van der Waals surface area (Å²) in [5, 5.41) is 9.30. The predicted molar refractivity (Wildman–Crippen MR) is 70.1 cm³/mol. The summed E-state index contributed by atoms with van der Waals surface area (Å²) >= 11 is 0. The first-order valence-corrected chi connectivity index (χ1v) is 6.00. The molecule has 0 saturated heterocycles. The van der Waals surface area contributed by atoms with Crippen molar-refractivity contribution in [2.45, 2.75) is 27.2 Å². The van der Waals surface area contributed by atoms with Crippen LogP contribution in [-0.4, -0.2) is 6.61 Å². The van der Waals surface area contributed by atoms with Crippen molar-refractivity contribution in [2.24, 2.45) is 5.92 Å². The second kappa shape index (κ2) is 6.75. The summed E-state index contributed by atoms with van der Waals surface area (Å²) in [6.45, 7) is 6.79. The Bertz CT molecular complexity index is 412. The van der Waals surface area contributed by atoms with Gasteiger partial charge in [-0.25, -0.2) is 0 Å². The molecule has 1 aromatic carbocycles. The number of nitrogens with zero attached hydrogens (tertiary/aromatic N) is 1. The van der Waals surface area contributed by atoms with Gasteiger partial charge >= 0.3 is 0 Å². The van der Waals surface area contributed by atoms with Gasteiger partial charge in [-0.2, -0.15) is 5.26 Å². The number of allylic oxidation sites excluding steroid dienone is 2. The minimum absolute atomic E-state index is 0.476. The Labute approximate surface area is 104 Å². The molecule has 0 aliphatic heterocycles. The van der Waals surface area contributed by atoms with Crippen LogP contribution in [0.5, 0.6) is 0 Å². The summed E-state index contributed by atoms with van der Waals surface area (Å²) < 4.78 is 5.62. The zero-order chi connectivity index (χ0) is 12.7. The van der Waals surface area contributed by atoms with Crippen molar-refractivity contribution in [3.63, 3.8) is 0 Å². The Kier molecular flexibility index (Phi) is 5.29. The van der Waals surface area contributed by atoms with Gasteiger partial charge in [0.05, 0.1) is 12.2 Å². The lowest BCUT2D eigenvalue weighted by Gasteiger charge is -2.13. The van der Waals surface area contributed by atoms with Crippen molar-refractivity contribution in [3.8, 4) is 6.07 Å². The van der Waals surface area contributed by atoms with E-state index in [9.17, 15) is 5.26 Å². The third-order valence-corrected chi connectivity index (χ3v) is 2.37. The van der Waals surface area contributed by atoms with Gasteiger partial charge in [-0.3, -0.25) is 0 Å². The largest absolute Gasteiger partial charge is 0.497 e. The fourth-order valence-corrected chi connectivity index (χ4v) is 1.67. The van der Waals surface area contributed by atoms with E-state index in [0.717, 1.165) is 17.7 Å². The van der Waals surface area contributed by atoms with E-state index in [1.807, 2.05) is 37.3 Å². The Morgan fingerprint density at radius 1 is 1.29 bits per heavy atom. The fraction of sp³-hybridized carbons (Fsp3) is 0.400. The lowest BCUT2D eigenvalue weighted by atomic mass is 10.0. The van der Waals surface area contributed by atoms with E-state index >= 15 is 0 Å². The molecule has 90 valence electrons. The molecular formula is C15H19NO. The summed E-state index contributed by atoms with van der Waals surface area (Å²) in [6.07, 6.45) is 0.797. The van der Waals surface area contributed by atoms with Crippen LogP contribution in [0.25, 0.3) is 5.57 Å². The van der Waals surface area contributed by atoms with Gasteiger partial charge in [0, 0.05) is 6.42 Å². The van der Waals surface area contributed by atoms with E-state index in [0.29, 0.717) is 18.1 Å². The highest BCUT2D eigenvalue weighted by Gasteiger charge is 2.11. The number of ether oxygens (including phenoxy) is 1. The molecule has 0 spiro atoms. The third-order valence-electron chi connectivity index (χ3n) is 2.37. The molecule has 0 N–H and O–H groups in total. The highest BCUT2D eigenvalue weighted by Crippen LogP contribution is 2.23. The second-order valence-corrected chi connectivity index (χ2v) is 4.31. The van der Waals surface area contributed by atoms with Crippen LogP contribution in [0.4, 0.5) is 0 Å². The maximum Gasteiger partial charge on any atom is 0.115 e. The molecule has 0 bridgehead atoms. The van der Waals surface area contributed by atoms with Crippen molar-refractivity contribution in [3.05, 3.63) is 41.7 Å². The molecule has 0 saturated carbocycles. The maximum atomic E-state index is 9.30. The fourth-order valence-electron chi connectivity index (χ4n) is 1.67. The van der Waals surface area contributed by atoms with Crippen LogP contribution < -0.4 is 0 Å². The standard InChI is InChI=1S/C15H19NO/c1-4-17-15(10-12(2)3)14(11-16)13-8-6-5-7-9-13/h5-9,12H,4,10H2,1-3H3/b15-14+. The van der Waals surface area contributed by atoms with Crippen molar-refractivity contribution in [1.29, 1.82) is 5.26 Å². The molecular weight excluding hydrogens is 210 g/mol. The molecule has 0 radical (unpaired) electrons. The Balaban J connectivity index is 3.13. The van der Waals surface area contributed by atoms with E-state index in [1.54, 1.807) is 0 Å². The highest BCUT2D eigenvalue weighted by molar-refractivity contribution is 5.78. The van der Waals surface area contributed by atoms with Gasteiger partial charge in [-0.1, -0.05) is 44.2 Å². The molecule has 1 aromatic rings. The predicted octanol–water partition coefficient (Wildman–Crippen LogP) is 4.00. The molecule has 0 heterocycles. The molecule has 17 heavy (non-hydrogen) atoms. The van der Waals surface area contributed by atoms with Gasteiger partial charge in [0.25, 0.3) is 0 Å². The third kappa shape index (κ3) is 3.96. The second-order valence-electron chi connectivity index (χ2n) is 4.31. The smallest absolute Gasteiger partial charge is 0.115 e. The molecule has 0 aliphatic rings. The van der Waals surface area contributed by atoms with Gasteiger partial charge in [0.15, 0.2) is 0 Å². The van der Waals surface area contributed by atoms with Crippen LogP contribution in [0.15, 0.2) is 36.1 Å². The van der Waals surface area contributed by atoms with Gasteiger partial charge in [0.1, 0.15) is 11.8 Å². The zero-order valence-corrected chi connectivity index (χ0v) is 10.7. The lowest BCUT2D eigenvalue weighted by Crippen LogP contribution is -2.00. The molecule has 1 rings (SSSR count). The Morgan fingerprint density at radius 2 is 1.94 bits per heavy atom. The van der Waals surface area contributed by atoms with Crippen molar-refractivity contribution >= 4 is 5.57 Å². The molecule has 0 amide bonds. The average Bonchev–Trinajstić information content (AvgIpc) is 2.31. The zero-order valence-electron chi connectivity index (χ0n) is 10.7. The summed E-state index contributed by atoms with van der Waals surface area (Å²) in [5.41, 5.74) is 1.58. The average molecular weight is 229 g/mol. The first-order valence-electron chi connectivity index (χ1n) is 6.00. The normalized spacial score (nSPS) is 11.9. The Hall–Kier alpha value is -1.75. The van der Waals surface area contributed by atoms with E-state index < -0.39 is 0 Å². The number of hydrogen-bond acceptors (Lipinski definition) is 2. The first-order chi connectivity index (χ1) is 8.19. The summed E-state index contributed by atoms with van der Waals surface area (Å²) in [7, 11) is 0. The number of benzene rings is 1. The van der Waals surface area contributed by atoms with Gasteiger partial charge < -0.3 is 4.74 Å². The van der Waals surface area contributed by atoms with Crippen LogP contribution in [0.1, 0.15) is 32.8 Å². The lowest BCUT2D eigenvalue weighted by molar-refractivity contribution is 0.212. The molecule has 0 fully saturated rings. The van der Waals surface area contributed by atoms with Crippen molar-refractivity contribution in [2.75, 3.05) is 6.61 Å². The summed E-state index contributed by atoms with van der Waals surface area (Å²) in [5.74, 6) is 1.28. The molecule has 0 aromatic heterocycles. The van der Waals surface area contributed by atoms with Gasteiger partial charge in [-0.05, 0) is 18.4 Å². The molecule has 2 heteroatoms.